The van der Waals surface area contributed by atoms with Crippen LogP contribution in [0.2, 0.25) is 0 Å². The van der Waals surface area contributed by atoms with Gasteiger partial charge in [-0.3, -0.25) is 4.90 Å². The summed E-state index contributed by atoms with van der Waals surface area (Å²) < 4.78 is 43.9. The number of methoxy groups -OCH3 is 1. The number of likely N-dealkylation sites (tertiary alicyclic amines) is 1. The van der Waals surface area contributed by atoms with Gasteiger partial charge in [-0.1, -0.05) is 13.8 Å². The van der Waals surface area contributed by atoms with Gasteiger partial charge in [-0.15, -0.1) is 0 Å². The first kappa shape index (κ1) is 17.6. The van der Waals surface area contributed by atoms with Crippen LogP contribution in [0, 0.1) is 22.7 Å². The van der Waals surface area contributed by atoms with E-state index in [1.165, 1.54) is 0 Å². The Bertz CT molecular complexity index is 428. The summed E-state index contributed by atoms with van der Waals surface area (Å²) in [5.74, 6) is 0.428. The van der Waals surface area contributed by atoms with Crippen molar-refractivity contribution in [2.45, 2.75) is 63.8 Å². The highest BCUT2D eigenvalue weighted by Gasteiger charge is 2.63. The molecular formula is C16H25F3N2O. The quantitative estimate of drug-likeness (QED) is 0.792. The molecule has 0 bridgehead atoms. The molecule has 2 aliphatic rings. The van der Waals surface area contributed by atoms with Crippen LogP contribution < -0.4 is 0 Å². The van der Waals surface area contributed by atoms with Crippen molar-refractivity contribution in [2.75, 3.05) is 20.2 Å². The molecule has 2 fully saturated rings. The molecule has 0 aromatic heterocycles. The molecule has 0 aromatic rings. The lowest BCUT2D eigenvalue weighted by atomic mass is 9.64. The summed E-state index contributed by atoms with van der Waals surface area (Å²) in [4.78, 5) is 1.90. The van der Waals surface area contributed by atoms with Gasteiger partial charge >= 0.3 is 6.18 Å². The minimum atomic E-state index is -4.31. The summed E-state index contributed by atoms with van der Waals surface area (Å²) in [7, 11) is 1.14. The van der Waals surface area contributed by atoms with Gasteiger partial charge in [0.05, 0.1) is 6.07 Å². The molecule has 0 aromatic carbocycles. The number of halogens is 3. The molecule has 3 nitrogen and oxygen atoms in total. The average Bonchev–Trinajstić information content (AvgIpc) is 2.38. The van der Waals surface area contributed by atoms with Crippen LogP contribution in [0.1, 0.15) is 46.0 Å². The third-order valence-corrected chi connectivity index (χ3v) is 5.95. The molecule has 1 aliphatic heterocycles. The molecule has 0 spiro atoms. The minimum absolute atomic E-state index is 0.0402. The molecule has 0 amide bonds. The molecule has 1 aliphatic carbocycles. The van der Waals surface area contributed by atoms with Crippen molar-refractivity contribution in [3.8, 4) is 6.07 Å². The first-order chi connectivity index (χ1) is 10.2. The molecule has 0 radical (unpaired) electrons. The van der Waals surface area contributed by atoms with E-state index >= 15 is 0 Å². The Morgan fingerprint density at radius 2 is 1.82 bits per heavy atom. The van der Waals surface area contributed by atoms with E-state index in [9.17, 15) is 13.2 Å². The first-order valence-corrected chi connectivity index (χ1v) is 7.92. The fourth-order valence-electron chi connectivity index (χ4n) is 3.95. The van der Waals surface area contributed by atoms with Crippen molar-refractivity contribution in [1.82, 2.24) is 4.90 Å². The number of ether oxygens (including phenoxy) is 1. The highest BCUT2D eigenvalue weighted by atomic mass is 19.4. The van der Waals surface area contributed by atoms with Gasteiger partial charge in [0.2, 0.25) is 0 Å². The molecule has 1 saturated heterocycles. The van der Waals surface area contributed by atoms with Crippen LogP contribution in [0.4, 0.5) is 13.2 Å². The number of nitriles is 1. The van der Waals surface area contributed by atoms with Crippen LogP contribution in [-0.4, -0.2) is 42.9 Å². The van der Waals surface area contributed by atoms with Crippen molar-refractivity contribution in [2.24, 2.45) is 11.3 Å². The lowest BCUT2D eigenvalue weighted by Crippen LogP contribution is -2.72. The summed E-state index contributed by atoms with van der Waals surface area (Å²) in [6.07, 6.45) is -0.177. The molecular weight excluding hydrogens is 293 g/mol. The van der Waals surface area contributed by atoms with E-state index in [0.717, 1.165) is 32.8 Å². The normalized spacial score (nSPS) is 32.5. The maximum absolute atomic E-state index is 13.0. The van der Waals surface area contributed by atoms with Crippen LogP contribution in [0.5, 0.6) is 0 Å². The first-order valence-electron chi connectivity index (χ1n) is 7.92. The second-order valence-electron chi connectivity index (χ2n) is 7.18. The van der Waals surface area contributed by atoms with Crippen LogP contribution in [0.25, 0.3) is 0 Å². The third kappa shape index (κ3) is 2.85. The molecule has 2 rings (SSSR count). The van der Waals surface area contributed by atoms with E-state index in [4.69, 9.17) is 10.00 Å². The van der Waals surface area contributed by atoms with Gasteiger partial charge in [0.1, 0.15) is 0 Å². The number of hydrogen-bond donors (Lipinski definition) is 0. The predicted molar refractivity (Wildman–Crippen MR) is 77.1 cm³/mol. The second-order valence-corrected chi connectivity index (χ2v) is 7.18. The zero-order valence-electron chi connectivity index (χ0n) is 13.5. The molecule has 1 saturated carbocycles. The van der Waals surface area contributed by atoms with Gasteiger partial charge in [-0.25, -0.2) is 0 Å². The Kier molecular flexibility index (Phi) is 4.79. The van der Waals surface area contributed by atoms with Crippen LogP contribution in [-0.2, 0) is 4.74 Å². The van der Waals surface area contributed by atoms with Gasteiger partial charge in [0.15, 0.2) is 5.60 Å². The Morgan fingerprint density at radius 1 is 1.27 bits per heavy atom. The largest absolute Gasteiger partial charge is 0.419 e. The highest BCUT2D eigenvalue weighted by Crippen LogP contribution is 2.48. The lowest BCUT2D eigenvalue weighted by molar-refractivity contribution is -0.316. The van der Waals surface area contributed by atoms with E-state index in [1.54, 1.807) is 0 Å². The Labute approximate surface area is 130 Å². The number of alkyl halides is 3. The van der Waals surface area contributed by atoms with Gasteiger partial charge in [0.25, 0.3) is 0 Å². The Morgan fingerprint density at radius 3 is 2.18 bits per heavy atom. The van der Waals surface area contributed by atoms with E-state index in [0.29, 0.717) is 12.3 Å². The van der Waals surface area contributed by atoms with Crippen LogP contribution in [0.3, 0.4) is 0 Å². The number of nitrogens with zero attached hydrogens (tertiary/aromatic N) is 2. The molecule has 126 valence electrons. The smallest absolute Gasteiger partial charge is 0.366 e. The van der Waals surface area contributed by atoms with Crippen LogP contribution in [0.15, 0.2) is 0 Å². The minimum Gasteiger partial charge on any atom is -0.366 e. The van der Waals surface area contributed by atoms with Crippen molar-refractivity contribution in [3.63, 3.8) is 0 Å². The molecule has 22 heavy (non-hydrogen) atoms. The average molecular weight is 318 g/mol. The molecule has 1 heterocycles. The second kappa shape index (κ2) is 6.01. The van der Waals surface area contributed by atoms with Gasteiger partial charge < -0.3 is 4.74 Å². The monoisotopic (exact) mass is 318 g/mol. The fraction of sp³-hybridized carbons (Fsp3) is 0.938. The summed E-state index contributed by atoms with van der Waals surface area (Å²) >= 11 is 0. The molecule has 6 heteroatoms. The van der Waals surface area contributed by atoms with Gasteiger partial charge in [0, 0.05) is 32.7 Å². The maximum atomic E-state index is 13.0. The van der Waals surface area contributed by atoms with Crippen molar-refractivity contribution >= 4 is 0 Å². The van der Waals surface area contributed by atoms with Gasteiger partial charge in [-0.05, 0) is 37.0 Å². The summed E-state index contributed by atoms with van der Waals surface area (Å²) in [6, 6.07) is 2.48. The zero-order chi connectivity index (χ0) is 16.6. The topological polar surface area (TPSA) is 36.3 Å². The predicted octanol–water partition coefficient (Wildman–Crippen LogP) is 3.75. The van der Waals surface area contributed by atoms with Crippen molar-refractivity contribution in [1.29, 1.82) is 5.26 Å². The standard InChI is InChI=1S/C16H25F3N2O/c1-12(2)14(8-9-20)6-4-13(5-7-14)21-10-15(11-21,22-3)16(17,18)19/h12-13H,4-8,10-11H2,1-3H3/t13-,14+. The Balaban J connectivity index is 1.93. The molecule has 0 unspecified atom stereocenters. The summed E-state index contributed by atoms with van der Waals surface area (Å²) in [5.41, 5.74) is -1.94. The van der Waals surface area contributed by atoms with E-state index < -0.39 is 11.8 Å². The number of rotatable bonds is 4. The summed E-state index contributed by atoms with van der Waals surface area (Å²) in [5, 5.41) is 9.05. The SMILES string of the molecule is COC1(C(F)(F)F)CN([C@H]2CC[C@@](CC#N)(C(C)C)CC2)C1. The molecule has 0 N–H and O–H groups in total. The van der Waals surface area contributed by atoms with Crippen molar-refractivity contribution < 1.29 is 17.9 Å². The summed E-state index contributed by atoms with van der Waals surface area (Å²) in [6.45, 7) is 4.15. The van der Waals surface area contributed by atoms with Crippen LogP contribution >= 0.6 is 0 Å². The Hall–Kier alpha value is -0.800. The highest BCUT2D eigenvalue weighted by molar-refractivity contribution is 5.06. The van der Waals surface area contributed by atoms with Gasteiger partial charge in [-0.2, -0.15) is 18.4 Å². The van der Waals surface area contributed by atoms with Crippen molar-refractivity contribution in [3.05, 3.63) is 0 Å². The van der Waals surface area contributed by atoms with E-state index in [-0.39, 0.29) is 24.5 Å². The van der Waals surface area contributed by atoms with E-state index in [2.05, 4.69) is 19.9 Å². The number of hydrogen-bond acceptors (Lipinski definition) is 3. The molecule has 0 atom stereocenters. The third-order valence-electron chi connectivity index (χ3n) is 5.95. The van der Waals surface area contributed by atoms with E-state index in [1.807, 2.05) is 4.90 Å². The maximum Gasteiger partial charge on any atom is 0.419 e. The zero-order valence-corrected chi connectivity index (χ0v) is 13.5. The lowest BCUT2D eigenvalue weighted by Gasteiger charge is -2.55. The fourth-order valence-corrected chi connectivity index (χ4v) is 3.95.